The Kier molecular flexibility index (Phi) is 3.30. The number of halogens is 1. The molecule has 0 N–H and O–H groups in total. The lowest BCUT2D eigenvalue weighted by atomic mass is 10.1. The molecule has 2 rings (SSSR count). The fourth-order valence-electron chi connectivity index (χ4n) is 1.66. The van der Waals surface area contributed by atoms with E-state index in [2.05, 4.69) is 25.9 Å². The van der Waals surface area contributed by atoms with Crippen LogP contribution in [0, 0.1) is 0 Å². The van der Waals surface area contributed by atoms with Crippen molar-refractivity contribution in [2.75, 3.05) is 6.54 Å². The van der Waals surface area contributed by atoms with Gasteiger partial charge in [0.1, 0.15) is 6.33 Å². The molecule has 1 aliphatic heterocycles. The van der Waals surface area contributed by atoms with Gasteiger partial charge in [-0.2, -0.15) is 0 Å². The number of amides is 1. The van der Waals surface area contributed by atoms with Crippen molar-refractivity contribution in [3.8, 4) is 0 Å². The highest BCUT2D eigenvalue weighted by atomic mass is 79.9. The summed E-state index contributed by atoms with van der Waals surface area (Å²) in [4.78, 5) is 21.5. The largest absolute Gasteiger partial charge is 0.336 e. The van der Waals surface area contributed by atoms with E-state index in [9.17, 15) is 4.79 Å². The highest BCUT2D eigenvalue weighted by molar-refractivity contribution is 9.10. The summed E-state index contributed by atoms with van der Waals surface area (Å²) < 4.78 is 0. The van der Waals surface area contributed by atoms with Crippen LogP contribution in [0.2, 0.25) is 0 Å². The Labute approximate surface area is 96.8 Å². The van der Waals surface area contributed by atoms with E-state index in [0.717, 1.165) is 25.1 Å². The van der Waals surface area contributed by atoms with Crippen molar-refractivity contribution in [1.82, 2.24) is 14.9 Å². The second kappa shape index (κ2) is 4.70. The summed E-state index contributed by atoms with van der Waals surface area (Å²) in [5, 5.41) is 0. The number of carbonyl (C=O) groups is 1. The van der Waals surface area contributed by atoms with Crippen LogP contribution in [-0.4, -0.2) is 32.1 Å². The highest BCUT2D eigenvalue weighted by Gasteiger charge is 2.26. The number of aromatic nitrogens is 2. The molecule has 1 aromatic rings. The number of hydrogen-bond acceptors (Lipinski definition) is 3. The first-order valence-electron chi connectivity index (χ1n) is 4.95. The molecule has 1 fully saturated rings. The summed E-state index contributed by atoms with van der Waals surface area (Å²) in [5.74, 6) is 0.167. The molecule has 0 radical (unpaired) electrons. The van der Waals surface area contributed by atoms with Crippen molar-refractivity contribution >= 4 is 21.8 Å². The Morgan fingerprint density at radius 1 is 1.60 bits per heavy atom. The molecule has 1 saturated heterocycles. The van der Waals surface area contributed by atoms with E-state index >= 15 is 0 Å². The van der Waals surface area contributed by atoms with Gasteiger partial charge in [-0.3, -0.25) is 4.79 Å². The summed E-state index contributed by atoms with van der Waals surface area (Å²) in [7, 11) is 0. The van der Waals surface area contributed by atoms with Gasteiger partial charge in [0.25, 0.3) is 0 Å². The van der Waals surface area contributed by atoms with E-state index in [1.54, 1.807) is 6.20 Å². The van der Waals surface area contributed by atoms with Gasteiger partial charge < -0.3 is 4.90 Å². The van der Waals surface area contributed by atoms with Crippen molar-refractivity contribution in [2.45, 2.75) is 24.2 Å². The number of piperidine rings is 1. The van der Waals surface area contributed by atoms with E-state index in [1.807, 2.05) is 11.0 Å². The van der Waals surface area contributed by atoms with Crippen molar-refractivity contribution in [3.05, 3.63) is 24.3 Å². The summed E-state index contributed by atoms with van der Waals surface area (Å²) in [6.07, 6.45) is 5.18. The number of likely N-dealkylation sites (tertiary alicyclic amines) is 1. The van der Waals surface area contributed by atoms with Crippen molar-refractivity contribution in [2.24, 2.45) is 0 Å². The van der Waals surface area contributed by atoms with E-state index in [1.165, 1.54) is 6.33 Å². The quantitative estimate of drug-likeness (QED) is 0.762. The van der Waals surface area contributed by atoms with Gasteiger partial charge in [-0.05, 0) is 18.9 Å². The van der Waals surface area contributed by atoms with Gasteiger partial charge >= 0.3 is 0 Å². The van der Waals surface area contributed by atoms with Crippen LogP contribution in [0.5, 0.6) is 0 Å². The van der Waals surface area contributed by atoms with Crippen LogP contribution in [0.1, 0.15) is 18.5 Å². The van der Waals surface area contributed by atoms with Crippen LogP contribution in [0.15, 0.2) is 18.6 Å². The molecule has 1 aromatic heterocycles. The third-order valence-electron chi connectivity index (χ3n) is 2.46. The lowest BCUT2D eigenvalue weighted by Crippen LogP contribution is -2.41. The zero-order valence-corrected chi connectivity index (χ0v) is 9.85. The maximum atomic E-state index is 11.8. The zero-order chi connectivity index (χ0) is 10.7. The van der Waals surface area contributed by atoms with Crippen LogP contribution in [0.25, 0.3) is 0 Å². The molecular weight excluding hydrogens is 258 g/mol. The number of rotatable bonds is 2. The summed E-state index contributed by atoms with van der Waals surface area (Å²) >= 11 is 3.38. The Balaban J connectivity index is 2.03. The maximum absolute atomic E-state index is 11.8. The van der Waals surface area contributed by atoms with Gasteiger partial charge in [-0.25, -0.2) is 9.97 Å². The Morgan fingerprint density at radius 3 is 3.20 bits per heavy atom. The van der Waals surface area contributed by atoms with Gasteiger partial charge in [0, 0.05) is 12.7 Å². The monoisotopic (exact) mass is 269 g/mol. The lowest BCUT2D eigenvalue weighted by molar-refractivity contribution is -0.133. The molecule has 1 unspecified atom stereocenters. The normalized spacial score (nSPS) is 21.8. The lowest BCUT2D eigenvalue weighted by Gasteiger charge is -2.29. The zero-order valence-electron chi connectivity index (χ0n) is 8.27. The fraction of sp³-hybridized carbons (Fsp3) is 0.500. The molecule has 1 atom stereocenters. The molecule has 0 bridgehead atoms. The molecule has 1 amide bonds. The second-order valence-electron chi connectivity index (χ2n) is 3.57. The molecule has 0 spiro atoms. The van der Waals surface area contributed by atoms with Gasteiger partial charge in [-0.1, -0.05) is 15.9 Å². The maximum Gasteiger partial charge on any atom is 0.236 e. The minimum atomic E-state index is -0.0203. The van der Waals surface area contributed by atoms with E-state index in [-0.39, 0.29) is 10.7 Å². The molecule has 4 nitrogen and oxygen atoms in total. The first kappa shape index (κ1) is 10.5. The Morgan fingerprint density at radius 2 is 2.47 bits per heavy atom. The predicted octanol–water partition coefficient (Wildman–Crippen LogP) is 1.36. The smallest absolute Gasteiger partial charge is 0.236 e. The van der Waals surface area contributed by atoms with E-state index in [0.29, 0.717) is 6.54 Å². The molecular formula is C10H12BrN3O. The third-order valence-corrected chi connectivity index (χ3v) is 3.31. The number of nitrogens with zero attached hydrogens (tertiary/aromatic N) is 3. The first-order valence-corrected chi connectivity index (χ1v) is 5.86. The molecule has 0 saturated carbocycles. The van der Waals surface area contributed by atoms with E-state index < -0.39 is 0 Å². The first-order chi connectivity index (χ1) is 7.27. The molecule has 0 aliphatic carbocycles. The molecule has 0 aromatic carbocycles. The number of alkyl halides is 1. The summed E-state index contributed by atoms with van der Waals surface area (Å²) in [6, 6.07) is 1.84. The number of carbonyl (C=O) groups excluding carboxylic acids is 1. The highest BCUT2D eigenvalue weighted by Crippen LogP contribution is 2.19. The van der Waals surface area contributed by atoms with Crippen LogP contribution in [0.3, 0.4) is 0 Å². The summed E-state index contributed by atoms with van der Waals surface area (Å²) in [5.41, 5.74) is 0.889. The van der Waals surface area contributed by atoms with Crippen LogP contribution in [-0.2, 0) is 11.3 Å². The van der Waals surface area contributed by atoms with Crippen LogP contribution < -0.4 is 0 Å². The molecule has 80 valence electrons. The minimum absolute atomic E-state index is 0.0203. The standard InChI is InChI=1S/C10H12BrN3O/c11-9-2-1-5-14(10(9)15)6-8-3-4-12-7-13-8/h3-4,7,9H,1-2,5-6H2. The van der Waals surface area contributed by atoms with Gasteiger partial charge in [0.15, 0.2) is 0 Å². The van der Waals surface area contributed by atoms with Gasteiger partial charge in [-0.15, -0.1) is 0 Å². The Hall–Kier alpha value is -0.970. The molecule has 2 heterocycles. The van der Waals surface area contributed by atoms with Crippen molar-refractivity contribution in [3.63, 3.8) is 0 Å². The SMILES string of the molecule is O=C1C(Br)CCCN1Cc1ccncn1. The van der Waals surface area contributed by atoms with Gasteiger partial charge in [0.05, 0.1) is 17.1 Å². The molecule has 1 aliphatic rings. The number of hydrogen-bond donors (Lipinski definition) is 0. The molecule has 15 heavy (non-hydrogen) atoms. The third kappa shape index (κ3) is 2.53. The topological polar surface area (TPSA) is 46.1 Å². The van der Waals surface area contributed by atoms with Crippen LogP contribution in [0.4, 0.5) is 0 Å². The van der Waals surface area contributed by atoms with Gasteiger partial charge in [0.2, 0.25) is 5.91 Å². The second-order valence-corrected chi connectivity index (χ2v) is 4.68. The minimum Gasteiger partial charge on any atom is -0.336 e. The van der Waals surface area contributed by atoms with Crippen molar-refractivity contribution in [1.29, 1.82) is 0 Å². The van der Waals surface area contributed by atoms with Crippen molar-refractivity contribution < 1.29 is 4.79 Å². The summed E-state index contributed by atoms with van der Waals surface area (Å²) in [6.45, 7) is 1.41. The average Bonchev–Trinajstić information content (AvgIpc) is 2.26. The average molecular weight is 270 g/mol. The van der Waals surface area contributed by atoms with E-state index in [4.69, 9.17) is 0 Å². The Bertz CT molecular complexity index is 344. The fourth-order valence-corrected chi connectivity index (χ4v) is 2.27. The predicted molar refractivity (Wildman–Crippen MR) is 59.4 cm³/mol. The van der Waals surface area contributed by atoms with Crippen LogP contribution >= 0.6 is 15.9 Å². The molecule has 5 heteroatoms.